The van der Waals surface area contributed by atoms with Crippen molar-refractivity contribution in [2.75, 3.05) is 18.0 Å². The average molecular weight is 337 g/mol. The third-order valence-electron chi connectivity index (χ3n) is 4.63. The summed E-state index contributed by atoms with van der Waals surface area (Å²) < 4.78 is 16.2. The Labute approximate surface area is 146 Å². The monoisotopic (exact) mass is 337 g/mol. The van der Waals surface area contributed by atoms with Gasteiger partial charge in [-0.2, -0.15) is 0 Å². The Kier molecular flexibility index (Phi) is 4.41. The van der Waals surface area contributed by atoms with Crippen molar-refractivity contribution in [2.24, 2.45) is 0 Å². The zero-order valence-corrected chi connectivity index (χ0v) is 13.9. The fourth-order valence-corrected chi connectivity index (χ4v) is 3.47. The normalized spacial score (nSPS) is 17.6. The van der Waals surface area contributed by atoms with Gasteiger partial charge in [-0.3, -0.25) is 4.98 Å². The van der Waals surface area contributed by atoms with Crippen molar-refractivity contribution in [2.45, 2.75) is 25.3 Å². The number of nitrogens with zero attached hydrogens (tertiary/aromatic N) is 5. The maximum atomic E-state index is 14.1. The zero-order chi connectivity index (χ0) is 17.1. The topological polar surface area (TPSA) is 46.8 Å². The summed E-state index contributed by atoms with van der Waals surface area (Å²) in [5.41, 5.74) is 1.00. The summed E-state index contributed by atoms with van der Waals surface area (Å²) in [5.74, 6) is 1.47. The average Bonchev–Trinajstić information content (AvgIpc) is 3.11. The van der Waals surface area contributed by atoms with E-state index in [1.165, 1.54) is 6.07 Å². The maximum Gasteiger partial charge on any atom is 0.165 e. The van der Waals surface area contributed by atoms with Crippen LogP contribution in [0.1, 0.15) is 30.3 Å². The van der Waals surface area contributed by atoms with Gasteiger partial charge in [-0.05, 0) is 37.1 Å². The van der Waals surface area contributed by atoms with Crippen molar-refractivity contribution in [3.05, 3.63) is 72.5 Å². The molecule has 0 bridgehead atoms. The van der Waals surface area contributed by atoms with E-state index in [0.717, 1.165) is 37.4 Å². The van der Waals surface area contributed by atoms with E-state index in [4.69, 9.17) is 0 Å². The molecule has 0 spiro atoms. The van der Waals surface area contributed by atoms with Crippen LogP contribution in [0, 0.1) is 5.82 Å². The molecule has 0 unspecified atom stereocenters. The second-order valence-corrected chi connectivity index (χ2v) is 6.33. The molecule has 1 aliphatic rings. The van der Waals surface area contributed by atoms with Crippen molar-refractivity contribution in [3.8, 4) is 0 Å². The van der Waals surface area contributed by atoms with Crippen molar-refractivity contribution in [1.82, 2.24) is 19.5 Å². The van der Waals surface area contributed by atoms with Gasteiger partial charge in [0.1, 0.15) is 5.82 Å². The van der Waals surface area contributed by atoms with Crippen molar-refractivity contribution < 1.29 is 4.39 Å². The fourth-order valence-electron chi connectivity index (χ4n) is 3.47. The Balaban J connectivity index is 1.54. The van der Waals surface area contributed by atoms with Gasteiger partial charge in [0.05, 0.1) is 12.2 Å². The zero-order valence-electron chi connectivity index (χ0n) is 13.9. The summed E-state index contributed by atoms with van der Waals surface area (Å²) in [6.45, 7) is 2.25. The molecule has 4 heterocycles. The molecule has 0 aliphatic carbocycles. The van der Waals surface area contributed by atoms with Gasteiger partial charge in [0, 0.05) is 43.8 Å². The standard InChI is InChI=1S/C19H20FN5/c20-17-7-3-9-22-19(17)24-11-4-5-15(13-24)18-23-10-12-25(18)14-16-6-1-2-8-21-16/h1-3,6-10,12,15H,4-5,11,13-14H2/t15-/m0/s1. The minimum absolute atomic E-state index is 0.258. The Bertz CT molecular complexity index is 833. The third-order valence-corrected chi connectivity index (χ3v) is 4.63. The number of anilines is 1. The minimum Gasteiger partial charge on any atom is -0.353 e. The summed E-state index contributed by atoms with van der Waals surface area (Å²) >= 11 is 0. The van der Waals surface area contributed by atoms with Gasteiger partial charge in [0.25, 0.3) is 0 Å². The van der Waals surface area contributed by atoms with E-state index < -0.39 is 0 Å². The molecule has 1 aliphatic heterocycles. The lowest BCUT2D eigenvalue weighted by Gasteiger charge is -2.33. The van der Waals surface area contributed by atoms with Gasteiger partial charge in [0.15, 0.2) is 11.6 Å². The highest BCUT2D eigenvalue weighted by Gasteiger charge is 2.26. The Morgan fingerprint density at radius 3 is 2.80 bits per heavy atom. The van der Waals surface area contributed by atoms with E-state index in [9.17, 15) is 4.39 Å². The van der Waals surface area contributed by atoms with Gasteiger partial charge in [-0.15, -0.1) is 0 Å². The van der Waals surface area contributed by atoms with E-state index in [0.29, 0.717) is 12.4 Å². The number of imidazole rings is 1. The summed E-state index contributed by atoms with van der Waals surface area (Å²) in [6, 6.07) is 9.01. The largest absolute Gasteiger partial charge is 0.353 e. The van der Waals surface area contributed by atoms with Crippen LogP contribution in [0.15, 0.2) is 55.1 Å². The van der Waals surface area contributed by atoms with Gasteiger partial charge in [-0.1, -0.05) is 6.07 Å². The second-order valence-electron chi connectivity index (χ2n) is 6.33. The molecule has 3 aromatic rings. The third kappa shape index (κ3) is 3.38. The molecular formula is C19H20FN5. The molecule has 0 radical (unpaired) electrons. The Hall–Kier alpha value is -2.76. The lowest BCUT2D eigenvalue weighted by atomic mass is 9.97. The molecule has 25 heavy (non-hydrogen) atoms. The lowest BCUT2D eigenvalue weighted by molar-refractivity contribution is 0.467. The van der Waals surface area contributed by atoms with Crippen LogP contribution in [0.5, 0.6) is 0 Å². The lowest BCUT2D eigenvalue weighted by Crippen LogP contribution is -2.36. The van der Waals surface area contributed by atoms with Crippen LogP contribution in [0.3, 0.4) is 0 Å². The SMILES string of the molecule is Fc1cccnc1N1CCC[C@H](c2nccn2Cc2ccccn2)C1. The summed E-state index contributed by atoms with van der Waals surface area (Å²) in [5, 5.41) is 0. The highest BCUT2D eigenvalue weighted by Crippen LogP contribution is 2.29. The predicted molar refractivity (Wildman–Crippen MR) is 93.9 cm³/mol. The molecule has 3 aromatic heterocycles. The number of aromatic nitrogens is 4. The predicted octanol–water partition coefficient (Wildman–Crippen LogP) is 3.24. The molecule has 1 saturated heterocycles. The summed E-state index contributed by atoms with van der Waals surface area (Å²) in [6.07, 6.45) is 9.31. The summed E-state index contributed by atoms with van der Waals surface area (Å²) in [7, 11) is 0. The van der Waals surface area contributed by atoms with Crippen molar-refractivity contribution >= 4 is 5.82 Å². The minimum atomic E-state index is -0.264. The number of hydrogen-bond donors (Lipinski definition) is 0. The molecule has 0 amide bonds. The molecule has 0 aromatic carbocycles. The molecule has 0 N–H and O–H groups in total. The van der Waals surface area contributed by atoms with Crippen molar-refractivity contribution in [3.63, 3.8) is 0 Å². The smallest absolute Gasteiger partial charge is 0.165 e. The van der Waals surface area contributed by atoms with Crippen LogP contribution in [0.2, 0.25) is 0 Å². The van der Waals surface area contributed by atoms with Gasteiger partial charge in [0.2, 0.25) is 0 Å². The van der Waals surface area contributed by atoms with Crippen LogP contribution < -0.4 is 4.90 Å². The number of pyridine rings is 2. The maximum absolute atomic E-state index is 14.1. The Morgan fingerprint density at radius 1 is 1.04 bits per heavy atom. The first-order valence-corrected chi connectivity index (χ1v) is 8.57. The molecule has 5 nitrogen and oxygen atoms in total. The van der Waals surface area contributed by atoms with Crippen molar-refractivity contribution in [1.29, 1.82) is 0 Å². The highest BCUT2D eigenvalue weighted by atomic mass is 19.1. The molecule has 4 rings (SSSR count). The highest BCUT2D eigenvalue weighted by molar-refractivity contribution is 5.40. The fraction of sp³-hybridized carbons (Fsp3) is 0.316. The second kappa shape index (κ2) is 7.01. The van der Waals surface area contributed by atoms with Crippen LogP contribution in [-0.2, 0) is 6.54 Å². The summed E-state index contributed by atoms with van der Waals surface area (Å²) in [4.78, 5) is 15.2. The first kappa shape index (κ1) is 15.7. The van der Waals surface area contributed by atoms with E-state index in [1.54, 1.807) is 18.5 Å². The molecule has 1 atom stereocenters. The van der Waals surface area contributed by atoms with Crippen LogP contribution in [-0.4, -0.2) is 32.6 Å². The van der Waals surface area contributed by atoms with Crippen LogP contribution in [0.4, 0.5) is 10.2 Å². The van der Waals surface area contributed by atoms with Gasteiger partial charge in [-0.25, -0.2) is 14.4 Å². The number of hydrogen-bond acceptors (Lipinski definition) is 4. The first-order valence-electron chi connectivity index (χ1n) is 8.57. The molecule has 0 saturated carbocycles. The van der Waals surface area contributed by atoms with Gasteiger partial charge < -0.3 is 9.47 Å². The molecule has 6 heteroatoms. The van der Waals surface area contributed by atoms with E-state index >= 15 is 0 Å². The molecular weight excluding hydrogens is 317 g/mol. The Morgan fingerprint density at radius 2 is 1.96 bits per heavy atom. The van der Waals surface area contributed by atoms with Crippen LogP contribution >= 0.6 is 0 Å². The molecule has 1 fully saturated rings. The van der Waals surface area contributed by atoms with E-state index in [2.05, 4.69) is 19.5 Å². The van der Waals surface area contributed by atoms with Crippen LogP contribution in [0.25, 0.3) is 0 Å². The molecule has 128 valence electrons. The van der Waals surface area contributed by atoms with Gasteiger partial charge >= 0.3 is 0 Å². The number of piperidine rings is 1. The van der Waals surface area contributed by atoms with E-state index in [-0.39, 0.29) is 11.7 Å². The number of halogens is 1. The number of rotatable bonds is 4. The quantitative estimate of drug-likeness (QED) is 0.733. The van der Waals surface area contributed by atoms with E-state index in [1.807, 2.05) is 35.5 Å². The first-order chi connectivity index (χ1) is 12.3.